The summed E-state index contributed by atoms with van der Waals surface area (Å²) < 4.78 is 15.6. The molecule has 7 heteroatoms. The Hall–Kier alpha value is -3.35. The first-order valence-electron chi connectivity index (χ1n) is 10.2. The summed E-state index contributed by atoms with van der Waals surface area (Å²) in [5, 5.41) is 2.75. The third kappa shape index (κ3) is 8.12. The maximum atomic E-state index is 12.3. The molecule has 0 heterocycles. The average molecular weight is 427 g/mol. The number of hydrogen-bond acceptors (Lipinski definition) is 6. The van der Waals surface area contributed by atoms with Crippen LogP contribution in [0.25, 0.3) is 0 Å². The minimum Gasteiger partial charge on any atom is -0.493 e. The predicted octanol–water partition coefficient (Wildman–Crippen LogP) is 3.13. The van der Waals surface area contributed by atoms with Crippen LogP contribution in [0.3, 0.4) is 0 Å². The Balaban J connectivity index is 1.75. The number of rotatable bonds is 12. The molecule has 0 saturated carbocycles. The number of aryl methyl sites for hydroxylation is 2. The van der Waals surface area contributed by atoms with E-state index in [4.69, 9.17) is 14.2 Å². The second-order valence-corrected chi connectivity index (χ2v) is 7.06. The number of Topliss-reactive ketones (excluding diaryl/α,β-unsaturated/α-hetero) is 1. The van der Waals surface area contributed by atoms with Crippen molar-refractivity contribution >= 4 is 17.7 Å². The van der Waals surface area contributed by atoms with Gasteiger partial charge in [-0.15, -0.1) is 0 Å². The van der Waals surface area contributed by atoms with Gasteiger partial charge in [0, 0.05) is 25.5 Å². The smallest absolute Gasteiger partial charge is 0.306 e. The maximum Gasteiger partial charge on any atom is 0.306 e. The van der Waals surface area contributed by atoms with Crippen LogP contribution in [0, 0.1) is 0 Å². The van der Waals surface area contributed by atoms with Crippen LogP contribution in [0.15, 0.2) is 42.5 Å². The molecule has 0 spiro atoms. The second kappa shape index (κ2) is 12.4. The lowest BCUT2D eigenvalue weighted by Crippen LogP contribution is -2.21. The lowest BCUT2D eigenvalue weighted by atomic mass is 10.1. The Labute approximate surface area is 182 Å². The third-order valence-electron chi connectivity index (χ3n) is 4.72. The van der Waals surface area contributed by atoms with E-state index in [1.54, 1.807) is 32.4 Å². The standard InChI is InChI=1S/C24H29NO6/c1-17(26)25-14-4-5-18-6-10-20(11-7-18)21(27)16-31-24(28)13-9-19-8-12-22(29-2)23(15-19)30-3/h6-8,10-12,15H,4-5,9,13-14,16H2,1-3H3,(H,25,26). The molecule has 0 saturated heterocycles. The fourth-order valence-electron chi connectivity index (χ4n) is 3.00. The Morgan fingerprint density at radius 1 is 0.871 bits per heavy atom. The zero-order valence-electron chi connectivity index (χ0n) is 18.2. The Morgan fingerprint density at radius 3 is 2.19 bits per heavy atom. The van der Waals surface area contributed by atoms with E-state index in [0.717, 1.165) is 24.0 Å². The van der Waals surface area contributed by atoms with Crippen molar-refractivity contribution < 1.29 is 28.6 Å². The first-order valence-corrected chi connectivity index (χ1v) is 10.2. The van der Waals surface area contributed by atoms with Gasteiger partial charge in [-0.1, -0.05) is 30.3 Å². The molecule has 31 heavy (non-hydrogen) atoms. The van der Waals surface area contributed by atoms with Gasteiger partial charge in [-0.25, -0.2) is 0 Å². The second-order valence-electron chi connectivity index (χ2n) is 7.06. The molecular formula is C24H29NO6. The number of amides is 1. The molecule has 2 aromatic rings. The SMILES string of the molecule is COc1ccc(CCC(=O)OCC(=O)c2ccc(CCCNC(C)=O)cc2)cc1OC. The first kappa shape index (κ1) is 23.9. The number of carbonyl (C=O) groups is 3. The van der Waals surface area contributed by atoms with E-state index in [1.165, 1.54) is 6.92 Å². The minimum atomic E-state index is -0.433. The van der Waals surface area contributed by atoms with Crippen LogP contribution in [0.4, 0.5) is 0 Å². The Morgan fingerprint density at radius 2 is 1.55 bits per heavy atom. The van der Waals surface area contributed by atoms with E-state index >= 15 is 0 Å². The van der Waals surface area contributed by atoms with E-state index in [2.05, 4.69) is 5.32 Å². The van der Waals surface area contributed by atoms with Gasteiger partial charge in [0.1, 0.15) is 0 Å². The highest BCUT2D eigenvalue weighted by molar-refractivity contribution is 5.97. The normalized spacial score (nSPS) is 10.3. The van der Waals surface area contributed by atoms with Gasteiger partial charge >= 0.3 is 5.97 Å². The molecule has 0 unspecified atom stereocenters. The van der Waals surface area contributed by atoms with E-state index in [9.17, 15) is 14.4 Å². The van der Waals surface area contributed by atoms with Crippen LogP contribution >= 0.6 is 0 Å². The number of methoxy groups -OCH3 is 2. The molecule has 0 fully saturated rings. The summed E-state index contributed by atoms with van der Waals surface area (Å²) in [6, 6.07) is 12.7. The number of ether oxygens (including phenoxy) is 3. The fourth-order valence-corrected chi connectivity index (χ4v) is 3.00. The topological polar surface area (TPSA) is 90.9 Å². The maximum absolute atomic E-state index is 12.3. The van der Waals surface area contributed by atoms with E-state index < -0.39 is 5.97 Å². The number of nitrogens with one attached hydrogen (secondary N) is 1. The van der Waals surface area contributed by atoms with Crippen molar-refractivity contribution in [3.8, 4) is 11.5 Å². The molecule has 0 aliphatic rings. The fraction of sp³-hybridized carbons (Fsp3) is 0.375. The monoisotopic (exact) mass is 427 g/mol. The van der Waals surface area contributed by atoms with Crippen molar-refractivity contribution in [2.75, 3.05) is 27.4 Å². The minimum absolute atomic E-state index is 0.0424. The highest BCUT2D eigenvalue weighted by Gasteiger charge is 2.11. The molecule has 2 aromatic carbocycles. The van der Waals surface area contributed by atoms with Crippen LogP contribution in [-0.4, -0.2) is 45.0 Å². The van der Waals surface area contributed by atoms with E-state index in [0.29, 0.717) is 30.0 Å². The van der Waals surface area contributed by atoms with Gasteiger partial charge in [-0.3, -0.25) is 14.4 Å². The zero-order valence-corrected chi connectivity index (χ0v) is 18.2. The molecule has 0 aliphatic heterocycles. The van der Waals surface area contributed by atoms with Gasteiger partial charge in [0.05, 0.1) is 14.2 Å². The van der Waals surface area contributed by atoms with Gasteiger partial charge in [0.25, 0.3) is 0 Å². The van der Waals surface area contributed by atoms with Crippen molar-refractivity contribution in [1.82, 2.24) is 5.32 Å². The molecule has 0 aliphatic carbocycles. The van der Waals surface area contributed by atoms with Gasteiger partial charge in [0.2, 0.25) is 5.91 Å². The molecule has 7 nitrogen and oxygen atoms in total. The molecule has 1 amide bonds. The van der Waals surface area contributed by atoms with Crippen molar-refractivity contribution in [3.63, 3.8) is 0 Å². The van der Waals surface area contributed by atoms with Gasteiger partial charge in [0.15, 0.2) is 23.9 Å². The predicted molar refractivity (Wildman–Crippen MR) is 117 cm³/mol. The summed E-state index contributed by atoms with van der Waals surface area (Å²) in [6.45, 7) is 1.82. The summed E-state index contributed by atoms with van der Waals surface area (Å²) in [6.07, 6.45) is 2.26. The van der Waals surface area contributed by atoms with Gasteiger partial charge in [-0.2, -0.15) is 0 Å². The van der Waals surface area contributed by atoms with Crippen LogP contribution in [0.5, 0.6) is 11.5 Å². The van der Waals surface area contributed by atoms with Crippen molar-refractivity contribution in [2.45, 2.75) is 32.6 Å². The Kier molecular flexibility index (Phi) is 9.55. The summed E-state index contributed by atoms with van der Waals surface area (Å²) in [5.74, 6) is 0.501. The Bertz CT molecular complexity index is 891. The third-order valence-corrected chi connectivity index (χ3v) is 4.72. The van der Waals surface area contributed by atoms with Gasteiger partial charge in [-0.05, 0) is 42.5 Å². The molecule has 2 rings (SSSR count). The quantitative estimate of drug-likeness (QED) is 0.318. The summed E-state index contributed by atoms with van der Waals surface area (Å²) in [5.41, 5.74) is 2.49. The van der Waals surface area contributed by atoms with Crippen LogP contribution in [0.2, 0.25) is 0 Å². The summed E-state index contributed by atoms with van der Waals surface area (Å²) >= 11 is 0. The molecule has 166 valence electrons. The molecule has 0 atom stereocenters. The molecule has 0 aromatic heterocycles. The lowest BCUT2D eigenvalue weighted by Gasteiger charge is -2.09. The van der Waals surface area contributed by atoms with Crippen molar-refractivity contribution in [2.24, 2.45) is 0 Å². The average Bonchev–Trinajstić information content (AvgIpc) is 2.78. The summed E-state index contributed by atoms with van der Waals surface area (Å²) in [7, 11) is 3.12. The summed E-state index contributed by atoms with van der Waals surface area (Å²) in [4.78, 5) is 35.1. The number of benzene rings is 2. The molecule has 1 N–H and O–H groups in total. The lowest BCUT2D eigenvalue weighted by molar-refractivity contribution is -0.142. The molecule has 0 bridgehead atoms. The number of ketones is 1. The van der Waals surface area contributed by atoms with Crippen LogP contribution in [-0.2, 0) is 27.2 Å². The number of hydrogen-bond donors (Lipinski definition) is 1. The van der Waals surface area contributed by atoms with Crippen molar-refractivity contribution in [3.05, 3.63) is 59.2 Å². The van der Waals surface area contributed by atoms with Crippen LogP contribution in [0.1, 0.15) is 41.3 Å². The first-order chi connectivity index (χ1) is 14.9. The molecular weight excluding hydrogens is 398 g/mol. The zero-order chi connectivity index (χ0) is 22.6. The van der Waals surface area contributed by atoms with Gasteiger partial charge < -0.3 is 19.5 Å². The number of esters is 1. The van der Waals surface area contributed by atoms with Crippen molar-refractivity contribution in [1.29, 1.82) is 0 Å². The van der Waals surface area contributed by atoms with E-state index in [1.807, 2.05) is 24.3 Å². The van der Waals surface area contributed by atoms with E-state index in [-0.39, 0.29) is 24.7 Å². The number of carbonyl (C=O) groups excluding carboxylic acids is 3. The highest BCUT2D eigenvalue weighted by Crippen LogP contribution is 2.28. The highest BCUT2D eigenvalue weighted by atomic mass is 16.5. The molecule has 0 radical (unpaired) electrons. The van der Waals surface area contributed by atoms with Crippen LogP contribution < -0.4 is 14.8 Å². The largest absolute Gasteiger partial charge is 0.493 e.